The van der Waals surface area contributed by atoms with Crippen molar-refractivity contribution in [2.75, 3.05) is 0 Å². The summed E-state index contributed by atoms with van der Waals surface area (Å²) in [6.45, 7) is 6.01. The number of para-hydroxylation sites is 1. The molecule has 0 aliphatic heterocycles. The number of amides is 1. The summed E-state index contributed by atoms with van der Waals surface area (Å²) in [5.41, 5.74) is 1.29. The quantitative estimate of drug-likeness (QED) is 0.554. The van der Waals surface area contributed by atoms with Crippen molar-refractivity contribution in [2.24, 2.45) is 5.41 Å². The van der Waals surface area contributed by atoms with Gasteiger partial charge in [0.15, 0.2) is 0 Å². The summed E-state index contributed by atoms with van der Waals surface area (Å²) < 4.78 is 1.80. The van der Waals surface area contributed by atoms with Crippen LogP contribution in [0.15, 0.2) is 64.8 Å². The van der Waals surface area contributed by atoms with Crippen LogP contribution < -0.4 is 5.32 Å². The van der Waals surface area contributed by atoms with Crippen LogP contribution in [0.25, 0.3) is 5.69 Å². The smallest absolute Gasteiger partial charge is 0.404 e. The van der Waals surface area contributed by atoms with Crippen molar-refractivity contribution < 1.29 is 9.90 Å². The van der Waals surface area contributed by atoms with E-state index in [9.17, 15) is 9.90 Å². The van der Waals surface area contributed by atoms with Crippen LogP contribution >= 0.6 is 23.4 Å². The first-order chi connectivity index (χ1) is 13.7. The van der Waals surface area contributed by atoms with Crippen LogP contribution in [0.2, 0.25) is 5.02 Å². The maximum Gasteiger partial charge on any atom is 0.404 e. The minimum absolute atomic E-state index is 0.261. The molecule has 0 spiro atoms. The zero-order chi connectivity index (χ0) is 21.0. The molecule has 152 valence electrons. The van der Waals surface area contributed by atoms with Gasteiger partial charge in [-0.05, 0) is 35.7 Å². The third-order valence-electron chi connectivity index (χ3n) is 4.42. The molecule has 2 heterocycles. The Labute approximate surface area is 179 Å². The molecule has 6 nitrogen and oxygen atoms in total. The number of hydrogen-bond donors (Lipinski definition) is 2. The molecule has 0 bridgehead atoms. The Hall–Kier alpha value is -2.51. The van der Waals surface area contributed by atoms with Gasteiger partial charge >= 0.3 is 6.09 Å². The third-order valence-corrected chi connectivity index (χ3v) is 5.72. The molecule has 1 unspecified atom stereocenters. The lowest BCUT2D eigenvalue weighted by Gasteiger charge is -2.29. The molecule has 0 saturated carbocycles. The fourth-order valence-corrected chi connectivity index (χ4v) is 3.98. The minimum atomic E-state index is -1.04. The predicted octanol–water partition coefficient (Wildman–Crippen LogP) is 5.30. The highest BCUT2D eigenvalue weighted by molar-refractivity contribution is 7.99. The standard InChI is InChI=1S/C21H23ClN4O2S/c1-21(2,3)18(24-20(27)28)11-14-12-19(29-15-7-6-10-23-13-15)26(25-14)17-9-5-4-8-16(17)22/h4-10,12-13,18,24H,11H2,1-3H3,(H,27,28). The zero-order valence-corrected chi connectivity index (χ0v) is 18.0. The van der Waals surface area contributed by atoms with Gasteiger partial charge < -0.3 is 10.4 Å². The van der Waals surface area contributed by atoms with E-state index in [1.807, 2.05) is 63.2 Å². The molecule has 29 heavy (non-hydrogen) atoms. The summed E-state index contributed by atoms with van der Waals surface area (Å²) in [5.74, 6) is 0. The second kappa shape index (κ2) is 8.88. The van der Waals surface area contributed by atoms with Crippen LogP contribution in [0, 0.1) is 5.41 Å². The van der Waals surface area contributed by atoms with E-state index < -0.39 is 6.09 Å². The molecule has 0 fully saturated rings. The molecule has 0 saturated heterocycles. The Morgan fingerprint density at radius 3 is 2.66 bits per heavy atom. The van der Waals surface area contributed by atoms with Crippen LogP contribution in [-0.2, 0) is 6.42 Å². The minimum Gasteiger partial charge on any atom is -0.465 e. The molecule has 3 rings (SSSR count). The van der Waals surface area contributed by atoms with Gasteiger partial charge in [-0.3, -0.25) is 4.98 Å². The number of carboxylic acid groups (broad SMARTS) is 1. The number of rotatable bonds is 6. The van der Waals surface area contributed by atoms with Gasteiger partial charge in [0.1, 0.15) is 5.03 Å². The van der Waals surface area contributed by atoms with Gasteiger partial charge in [0.05, 0.1) is 16.4 Å². The zero-order valence-electron chi connectivity index (χ0n) is 16.5. The topological polar surface area (TPSA) is 80.0 Å². The maximum atomic E-state index is 11.3. The summed E-state index contributed by atoms with van der Waals surface area (Å²) in [4.78, 5) is 16.4. The van der Waals surface area contributed by atoms with Crippen LogP contribution in [0.1, 0.15) is 26.5 Å². The molecule has 1 aromatic carbocycles. The van der Waals surface area contributed by atoms with Crippen molar-refractivity contribution in [3.63, 3.8) is 0 Å². The monoisotopic (exact) mass is 430 g/mol. The van der Waals surface area contributed by atoms with E-state index in [-0.39, 0.29) is 11.5 Å². The predicted molar refractivity (Wildman–Crippen MR) is 115 cm³/mol. The summed E-state index contributed by atoms with van der Waals surface area (Å²) >= 11 is 7.95. The third kappa shape index (κ3) is 5.52. The average Bonchev–Trinajstić information content (AvgIpc) is 3.03. The van der Waals surface area contributed by atoms with E-state index in [4.69, 9.17) is 16.7 Å². The van der Waals surface area contributed by atoms with Gasteiger partial charge in [0, 0.05) is 29.8 Å². The maximum absolute atomic E-state index is 11.3. The molecule has 0 aliphatic rings. The lowest BCUT2D eigenvalue weighted by atomic mass is 9.84. The van der Waals surface area contributed by atoms with Crippen molar-refractivity contribution in [2.45, 2.75) is 43.2 Å². The highest BCUT2D eigenvalue weighted by Crippen LogP contribution is 2.33. The van der Waals surface area contributed by atoms with Crippen LogP contribution in [0.3, 0.4) is 0 Å². The first-order valence-corrected chi connectivity index (χ1v) is 10.3. The first kappa shape index (κ1) is 21.2. The van der Waals surface area contributed by atoms with Crippen molar-refractivity contribution >= 4 is 29.5 Å². The highest BCUT2D eigenvalue weighted by Gasteiger charge is 2.28. The van der Waals surface area contributed by atoms with Crippen LogP contribution in [0.4, 0.5) is 4.79 Å². The van der Waals surface area contributed by atoms with E-state index in [1.165, 1.54) is 11.8 Å². The molecule has 2 N–H and O–H groups in total. The van der Waals surface area contributed by atoms with Crippen LogP contribution in [-0.4, -0.2) is 32.0 Å². The number of pyridine rings is 1. The Morgan fingerprint density at radius 2 is 2.03 bits per heavy atom. The van der Waals surface area contributed by atoms with E-state index in [0.29, 0.717) is 11.4 Å². The average molecular weight is 431 g/mol. The van der Waals surface area contributed by atoms with Gasteiger partial charge in [0.25, 0.3) is 0 Å². The van der Waals surface area contributed by atoms with Gasteiger partial charge in [-0.1, -0.05) is 56.3 Å². The molecular weight excluding hydrogens is 408 g/mol. The molecule has 3 aromatic rings. The molecule has 0 radical (unpaired) electrons. The van der Waals surface area contributed by atoms with Gasteiger partial charge in [-0.15, -0.1) is 0 Å². The summed E-state index contributed by atoms with van der Waals surface area (Å²) in [7, 11) is 0. The fraction of sp³-hybridized carbons (Fsp3) is 0.286. The number of aromatic nitrogens is 3. The lowest BCUT2D eigenvalue weighted by Crippen LogP contribution is -2.44. The normalized spacial score (nSPS) is 12.6. The number of benzene rings is 1. The molecule has 1 amide bonds. The number of nitrogens with one attached hydrogen (secondary N) is 1. The number of halogens is 1. The fourth-order valence-electron chi connectivity index (χ4n) is 2.84. The van der Waals surface area contributed by atoms with Crippen molar-refractivity contribution in [3.8, 4) is 5.69 Å². The molecular formula is C21H23ClN4O2S. The Balaban J connectivity index is 1.99. The Bertz CT molecular complexity index is 986. The second-order valence-electron chi connectivity index (χ2n) is 7.70. The molecule has 8 heteroatoms. The number of hydrogen-bond acceptors (Lipinski definition) is 4. The van der Waals surface area contributed by atoms with Crippen molar-refractivity contribution in [3.05, 3.63) is 65.6 Å². The van der Waals surface area contributed by atoms with Gasteiger partial charge in [-0.25, -0.2) is 9.48 Å². The largest absolute Gasteiger partial charge is 0.465 e. The summed E-state index contributed by atoms with van der Waals surface area (Å²) in [6.07, 6.45) is 2.94. The Kier molecular flexibility index (Phi) is 6.49. The Morgan fingerprint density at radius 1 is 1.28 bits per heavy atom. The summed E-state index contributed by atoms with van der Waals surface area (Å²) in [5, 5.41) is 18.1. The van der Waals surface area contributed by atoms with Crippen molar-refractivity contribution in [1.29, 1.82) is 0 Å². The highest BCUT2D eigenvalue weighted by atomic mass is 35.5. The lowest BCUT2D eigenvalue weighted by molar-refractivity contribution is 0.174. The first-order valence-electron chi connectivity index (χ1n) is 9.15. The SMILES string of the molecule is CC(C)(C)C(Cc1cc(Sc2cccnc2)n(-c2ccccc2Cl)n1)NC(=O)O. The molecule has 0 aliphatic carbocycles. The summed E-state index contributed by atoms with van der Waals surface area (Å²) in [6, 6.07) is 13.1. The molecule has 1 atom stereocenters. The van der Waals surface area contributed by atoms with Crippen molar-refractivity contribution in [1.82, 2.24) is 20.1 Å². The van der Waals surface area contributed by atoms with Gasteiger partial charge in [0.2, 0.25) is 0 Å². The van der Waals surface area contributed by atoms with Crippen LogP contribution in [0.5, 0.6) is 0 Å². The van der Waals surface area contributed by atoms with E-state index >= 15 is 0 Å². The number of nitrogens with zero attached hydrogens (tertiary/aromatic N) is 3. The second-order valence-corrected chi connectivity index (χ2v) is 9.20. The molecule has 2 aromatic heterocycles. The van der Waals surface area contributed by atoms with Gasteiger partial charge in [-0.2, -0.15) is 5.10 Å². The van der Waals surface area contributed by atoms with E-state index in [0.717, 1.165) is 21.3 Å². The van der Waals surface area contributed by atoms with E-state index in [1.54, 1.807) is 17.1 Å². The van der Waals surface area contributed by atoms with E-state index in [2.05, 4.69) is 10.3 Å². The number of carbonyl (C=O) groups is 1.